The Kier molecular flexibility index (Phi) is 3.35. The van der Waals surface area contributed by atoms with Gasteiger partial charge in [-0.25, -0.2) is 0 Å². The molecular formula is C15H17NOS. The van der Waals surface area contributed by atoms with Crippen LogP contribution in [0.3, 0.4) is 0 Å². The van der Waals surface area contributed by atoms with Crippen LogP contribution in [0.5, 0.6) is 5.75 Å². The fourth-order valence-corrected chi connectivity index (χ4v) is 3.07. The number of ether oxygens (including phenoxy) is 1. The van der Waals surface area contributed by atoms with Crippen LogP contribution in [0.25, 0.3) is 0 Å². The molecule has 3 heteroatoms. The van der Waals surface area contributed by atoms with Crippen molar-refractivity contribution in [2.45, 2.75) is 31.9 Å². The van der Waals surface area contributed by atoms with Crippen LogP contribution in [0.2, 0.25) is 0 Å². The van der Waals surface area contributed by atoms with Crippen molar-refractivity contribution in [3.05, 3.63) is 51.7 Å². The van der Waals surface area contributed by atoms with E-state index in [1.165, 1.54) is 22.4 Å². The van der Waals surface area contributed by atoms with Crippen molar-refractivity contribution in [1.29, 1.82) is 0 Å². The molecule has 0 radical (unpaired) electrons. The largest absolute Gasteiger partial charge is 0.488 e. The lowest BCUT2D eigenvalue weighted by Crippen LogP contribution is -2.17. The van der Waals surface area contributed by atoms with Gasteiger partial charge >= 0.3 is 0 Å². The molecular weight excluding hydrogens is 242 g/mol. The van der Waals surface area contributed by atoms with Crippen molar-refractivity contribution in [3.8, 4) is 5.75 Å². The van der Waals surface area contributed by atoms with Gasteiger partial charge in [-0.2, -0.15) is 0 Å². The third-order valence-electron chi connectivity index (χ3n) is 3.44. The molecule has 3 rings (SSSR count). The van der Waals surface area contributed by atoms with Crippen molar-refractivity contribution in [2.75, 3.05) is 0 Å². The molecule has 1 aliphatic carbocycles. The van der Waals surface area contributed by atoms with Crippen LogP contribution in [0.4, 0.5) is 0 Å². The van der Waals surface area contributed by atoms with Crippen LogP contribution < -0.4 is 10.5 Å². The predicted octanol–water partition coefficient (Wildman–Crippen LogP) is 3.66. The summed E-state index contributed by atoms with van der Waals surface area (Å²) in [5.41, 5.74) is 8.81. The Morgan fingerprint density at radius 2 is 2.28 bits per heavy atom. The Balaban J connectivity index is 1.75. The minimum absolute atomic E-state index is 0.180. The van der Waals surface area contributed by atoms with E-state index in [0.717, 1.165) is 18.6 Å². The number of nitrogens with two attached hydrogens (primary N) is 1. The monoisotopic (exact) mass is 259 g/mol. The Labute approximate surface area is 111 Å². The normalized spacial score (nSPS) is 18.4. The van der Waals surface area contributed by atoms with E-state index in [2.05, 4.69) is 29.6 Å². The lowest BCUT2D eigenvalue weighted by molar-refractivity contribution is 0.309. The van der Waals surface area contributed by atoms with E-state index in [1.54, 1.807) is 11.3 Å². The summed E-state index contributed by atoms with van der Waals surface area (Å²) < 4.78 is 5.82. The molecule has 0 spiro atoms. The number of rotatable bonds is 3. The molecule has 0 saturated carbocycles. The first kappa shape index (κ1) is 11.8. The molecule has 2 N–H and O–H groups in total. The van der Waals surface area contributed by atoms with E-state index < -0.39 is 0 Å². The van der Waals surface area contributed by atoms with Crippen molar-refractivity contribution >= 4 is 11.3 Å². The van der Waals surface area contributed by atoms with Crippen molar-refractivity contribution in [3.63, 3.8) is 0 Å². The van der Waals surface area contributed by atoms with Crippen molar-refractivity contribution in [2.24, 2.45) is 5.73 Å². The highest BCUT2D eigenvalue weighted by molar-refractivity contribution is 7.09. The van der Waals surface area contributed by atoms with Gasteiger partial charge in [0, 0.05) is 10.9 Å². The van der Waals surface area contributed by atoms with Gasteiger partial charge < -0.3 is 10.5 Å². The molecule has 1 atom stereocenters. The number of aryl methyl sites for hydroxylation is 1. The second kappa shape index (κ2) is 5.12. The average molecular weight is 259 g/mol. The minimum Gasteiger partial charge on any atom is -0.488 e. The molecule has 1 aliphatic rings. The summed E-state index contributed by atoms with van der Waals surface area (Å²) in [6.07, 6.45) is 3.43. The molecule has 0 unspecified atom stereocenters. The van der Waals surface area contributed by atoms with Gasteiger partial charge in [0.25, 0.3) is 0 Å². The summed E-state index contributed by atoms with van der Waals surface area (Å²) in [4.78, 5) is 1.25. The molecule has 0 saturated heterocycles. The van der Waals surface area contributed by atoms with Gasteiger partial charge in [0.1, 0.15) is 12.4 Å². The third-order valence-corrected chi connectivity index (χ3v) is 4.29. The van der Waals surface area contributed by atoms with Gasteiger partial charge in [0.15, 0.2) is 0 Å². The maximum atomic E-state index is 6.15. The van der Waals surface area contributed by atoms with Crippen LogP contribution in [-0.4, -0.2) is 0 Å². The second-order valence-corrected chi connectivity index (χ2v) is 5.76. The number of thiophene rings is 1. The van der Waals surface area contributed by atoms with Crippen LogP contribution in [0, 0.1) is 0 Å². The van der Waals surface area contributed by atoms with Crippen molar-refractivity contribution in [1.82, 2.24) is 0 Å². The number of fused-ring (bicyclic) bond motifs is 1. The lowest BCUT2D eigenvalue weighted by atomic mass is 9.88. The molecule has 1 aromatic carbocycles. The van der Waals surface area contributed by atoms with E-state index >= 15 is 0 Å². The van der Waals surface area contributed by atoms with Crippen LogP contribution >= 0.6 is 11.3 Å². The topological polar surface area (TPSA) is 35.2 Å². The van der Waals surface area contributed by atoms with Crippen LogP contribution in [-0.2, 0) is 13.0 Å². The molecule has 0 fully saturated rings. The van der Waals surface area contributed by atoms with Gasteiger partial charge in [-0.3, -0.25) is 0 Å². The summed E-state index contributed by atoms with van der Waals surface area (Å²) in [6.45, 7) is 0.645. The average Bonchev–Trinajstić information content (AvgIpc) is 2.90. The molecule has 0 aliphatic heterocycles. The minimum atomic E-state index is 0.180. The molecule has 1 heterocycles. The smallest absolute Gasteiger partial charge is 0.122 e. The highest BCUT2D eigenvalue weighted by Gasteiger charge is 2.17. The molecule has 2 aromatic rings. The van der Waals surface area contributed by atoms with Gasteiger partial charge in [-0.1, -0.05) is 12.1 Å². The lowest BCUT2D eigenvalue weighted by Gasteiger charge is -2.22. The van der Waals surface area contributed by atoms with E-state index in [4.69, 9.17) is 10.5 Å². The van der Waals surface area contributed by atoms with Gasteiger partial charge in [-0.15, -0.1) is 11.3 Å². The van der Waals surface area contributed by atoms with E-state index in [0.29, 0.717) is 6.61 Å². The Morgan fingerprint density at radius 1 is 1.33 bits per heavy atom. The molecule has 0 amide bonds. The Bertz CT molecular complexity index is 521. The van der Waals surface area contributed by atoms with Gasteiger partial charge in [0.05, 0.1) is 0 Å². The molecule has 1 aromatic heterocycles. The maximum absolute atomic E-state index is 6.15. The summed E-state index contributed by atoms with van der Waals surface area (Å²) in [7, 11) is 0. The summed E-state index contributed by atoms with van der Waals surface area (Å²) in [5, 5.41) is 2.07. The highest BCUT2D eigenvalue weighted by Crippen LogP contribution is 2.31. The Hall–Kier alpha value is -1.32. The van der Waals surface area contributed by atoms with E-state index in [-0.39, 0.29) is 6.04 Å². The standard InChI is InChI=1S/C15H17NOS/c16-15-5-1-3-11-6-7-12(9-14(11)15)17-10-13-4-2-8-18-13/h2,4,6-9,15H,1,3,5,10,16H2/t15-/m1/s1. The van der Waals surface area contributed by atoms with Gasteiger partial charge in [0.2, 0.25) is 0 Å². The van der Waals surface area contributed by atoms with E-state index in [1.807, 2.05) is 6.07 Å². The van der Waals surface area contributed by atoms with Gasteiger partial charge in [-0.05, 0) is 54.0 Å². The third kappa shape index (κ3) is 2.42. The maximum Gasteiger partial charge on any atom is 0.122 e. The molecule has 0 bridgehead atoms. The Morgan fingerprint density at radius 3 is 3.11 bits per heavy atom. The SMILES string of the molecule is N[C@@H]1CCCc2ccc(OCc3cccs3)cc21. The molecule has 18 heavy (non-hydrogen) atoms. The second-order valence-electron chi connectivity index (χ2n) is 4.73. The summed E-state index contributed by atoms with van der Waals surface area (Å²) in [6, 6.07) is 10.7. The zero-order chi connectivity index (χ0) is 12.4. The zero-order valence-electron chi connectivity index (χ0n) is 10.3. The van der Waals surface area contributed by atoms with E-state index in [9.17, 15) is 0 Å². The highest BCUT2D eigenvalue weighted by atomic mass is 32.1. The quantitative estimate of drug-likeness (QED) is 0.913. The molecule has 2 nitrogen and oxygen atoms in total. The first-order chi connectivity index (χ1) is 8.83. The van der Waals surface area contributed by atoms with Crippen LogP contribution in [0.15, 0.2) is 35.7 Å². The van der Waals surface area contributed by atoms with Crippen LogP contribution in [0.1, 0.15) is 34.9 Å². The number of benzene rings is 1. The first-order valence-corrected chi connectivity index (χ1v) is 7.24. The fraction of sp³-hybridized carbons (Fsp3) is 0.333. The summed E-state index contributed by atoms with van der Waals surface area (Å²) >= 11 is 1.72. The zero-order valence-corrected chi connectivity index (χ0v) is 11.1. The number of hydrogen-bond acceptors (Lipinski definition) is 3. The number of hydrogen-bond donors (Lipinski definition) is 1. The van der Waals surface area contributed by atoms with Crippen molar-refractivity contribution < 1.29 is 4.74 Å². The first-order valence-electron chi connectivity index (χ1n) is 6.36. The molecule has 94 valence electrons. The summed E-state index contributed by atoms with van der Waals surface area (Å²) in [5.74, 6) is 0.930. The fourth-order valence-electron chi connectivity index (χ4n) is 2.45. The predicted molar refractivity (Wildman–Crippen MR) is 75.0 cm³/mol.